The Morgan fingerprint density at radius 3 is 2.22 bits per heavy atom. The Hall–Kier alpha value is -0.890. The van der Waals surface area contributed by atoms with Crippen LogP contribution >= 0.6 is 11.6 Å². The van der Waals surface area contributed by atoms with Crippen LogP contribution in [0.5, 0.6) is 11.5 Å². The van der Waals surface area contributed by atoms with E-state index in [0.717, 1.165) is 30.8 Å². The molecule has 0 aliphatic carbocycles. The SMILES string of the molecule is CCCC(C)(CCl)CCOc1ccc(OC)cc1. The van der Waals surface area contributed by atoms with Crippen molar-refractivity contribution in [2.24, 2.45) is 5.41 Å². The summed E-state index contributed by atoms with van der Waals surface area (Å²) in [6.07, 6.45) is 3.28. The second-order valence-electron chi connectivity index (χ2n) is 4.97. The fraction of sp³-hybridized carbons (Fsp3) is 0.600. The number of alkyl halides is 1. The smallest absolute Gasteiger partial charge is 0.119 e. The zero-order valence-electron chi connectivity index (χ0n) is 11.5. The van der Waals surface area contributed by atoms with Crippen LogP contribution in [0, 0.1) is 5.41 Å². The van der Waals surface area contributed by atoms with E-state index in [1.54, 1.807) is 7.11 Å². The number of rotatable bonds is 8. The first-order valence-corrected chi connectivity index (χ1v) is 7.00. The maximum atomic E-state index is 6.04. The number of hydrogen-bond acceptors (Lipinski definition) is 2. The van der Waals surface area contributed by atoms with Crippen LogP contribution in [0.3, 0.4) is 0 Å². The normalized spacial score (nSPS) is 14.0. The molecule has 1 aromatic carbocycles. The summed E-state index contributed by atoms with van der Waals surface area (Å²) in [7, 11) is 1.66. The standard InChI is InChI=1S/C15H23ClO2/c1-4-9-15(2,12-16)10-11-18-14-7-5-13(17-3)6-8-14/h5-8H,4,9-12H2,1-3H3. The van der Waals surface area contributed by atoms with E-state index in [0.29, 0.717) is 12.5 Å². The second-order valence-corrected chi connectivity index (χ2v) is 5.24. The molecule has 0 spiro atoms. The van der Waals surface area contributed by atoms with Gasteiger partial charge >= 0.3 is 0 Å². The maximum Gasteiger partial charge on any atom is 0.119 e. The minimum absolute atomic E-state index is 0.183. The molecule has 0 aromatic heterocycles. The van der Waals surface area contributed by atoms with Gasteiger partial charge in [0.2, 0.25) is 0 Å². The van der Waals surface area contributed by atoms with Gasteiger partial charge in [-0.15, -0.1) is 11.6 Å². The van der Waals surface area contributed by atoms with Crippen LogP contribution in [0.4, 0.5) is 0 Å². The first-order valence-electron chi connectivity index (χ1n) is 6.46. The summed E-state index contributed by atoms with van der Waals surface area (Å²) in [5, 5.41) is 0. The van der Waals surface area contributed by atoms with Gasteiger partial charge in [-0.3, -0.25) is 0 Å². The molecule has 1 aromatic rings. The predicted octanol–water partition coefficient (Wildman–Crippen LogP) is 4.51. The van der Waals surface area contributed by atoms with Gasteiger partial charge in [0.15, 0.2) is 0 Å². The zero-order chi connectivity index (χ0) is 13.4. The van der Waals surface area contributed by atoms with Gasteiger partial charge < -0.3 is 9.47 Å². The molecule has 0 aliphatic heterocycles. The van der Waals surface area contributed by atoms with E-state index >= 15 is 0 Å². The molecule has 3 heteroatoms. The lowest BCUT2D eigenvalue weighted by Crippen LogP contribution is -2.21. The Morgan fingerprint density at radius 1 is 1.11 bits per heavy atom. The lowest BCUT2D eigenvalue weighted by molar-refractivity contribution is 0.219. The van der Waals surface area contributed by atoms with Gasteiger partial charge in [-0.2, -0.15) is 0 Å². The first kappa shape index (κ1) is 15.2. The molecule has 0 amide bonds. The van der Waals surface area contributed by atoms with Gasteiger partial charge in [0.25, 0.3) is 0 Å². The number of ether oxygens (including phenoxy) is 2. The molecule has 2 nitrogen and oxygen atoms in total. The molecule has 0 bridgehead atoms. The highest BCUT2D eigenvalue weighted by Crippen LogP contribution is 2.29. The molecule has 0 heterocycles. The van der Waals surface area contributed by atoms with Crippen LogP contribution in [0.25, 0.3) is 0 Å². The summed E-state index contributed by atoms with van der Waals surface area (Å²) >= 11 is 6.04. The van der Waals surface area contributed by atoms with Crippen molar-refractivity contribution in [2.75, 3.05) is 19.6 Å². The molecule has 102 valence electrons. The van der Waals surface area contributed by atoms with Crippen molar-refractivity contribution in [3.63, 3.8) is 0 Å². The van der Waals surface area contributed by atoms with Crippen LogP contribution in [0.15, 0.2) is 24.3 Å². The van der Waals surface area contributed by atoms with E-state index in [2.05, 4.69) is 13.8 Å². The van der Waals surface area contributed by atoms with Crippen molar-refractivity contribution in [1.29, 1.82) is 0 Å². The summed E-state index contributed by atoms with van der Waals surface area (Å²) in [5.74, 6) is 2.41. The maximum absolute atomic E-state index is 6.04. The van der Waals surface area contributed by atoms with Crippen molar-refractivity contribution < 1.29 is 9.47 Å². The highest BCUT2D eigenvalue weighted by Gasteiger charge is 2.21. The molecule has 0 N–H and O–H groups in total. The van der Waals surface area contributed by atoms with Crippen LogP contribution in [-0.4, -0.2) is 19.6 Å². The van der Waals surface area contributed by atoms with Crippen LogP contribution in [0.2, 0.25) is 0 Å². The lowest BCUT2D eigenvalue weighted by atomic mass is 9.85. The third-order valence-corrected chi connectivity index (χ3v) is 3.86. The Balaban J connectivity index is 2.40. The van der Waals surface area contributed by atoms with E-state index in [1.165, 1.54) is 0 Å². The quantitative estimate of drug-likeness (QED) is 0.647. The molecule has 0 saturated carbocycles. The minimum Gasteiger partial charge on any atom is -0.497 e. The van der Waals surface area contributed by atoms with Crippen molar-refractivity contribution in [1.82, 2.24) is 0 Å². The summed E-state index contributed by atoms with van der Waals surface area (Å²) in [4.78, 5) is 0. The Bertz CT molecular complexity index is 337. The molecule has 1 rings (SSSR count). The average molecular weight is 271 g/mol. The van der Waals surface area contributed by atoms with E-state index in [1.807, 2.05) is 24.3 Å². The Morgan fingerprint density at radius 2 is 1.72 bits per heavy atom. The monoisotopic (exact) mass is 270 g/mol. The van der Waals surface area contributed by atoms with Gasteiger partial charge in [-0.05, 0) is 42.5 Å². The number of halogens is 1. The van der Waals surface area contributed by atoms with Gasteiger partial charge in [0, 0.05) is 5.88 Å². The van der Waals surface area contributed by atoms with Crippen molar-refractivity contribution in [2.45, 2.75) is 33.1 Å². The number of benzene rings is 1. The predicted molar refractivity (Wildman–Crippen MR) is 76.8 cm³/mol. The summed E-state index contributed by atoms with van der Waals surface area (Å²) in [6, 6.07) is 7.66. The van der Waals surface area contributed by atoms with Crippen molar-refractivity contribution in [3.05, 3.63) is 24.3 Å². The zero-order valence-corrected chi connectivity index (χ0v) is 12.3. The molecule has 0 fully saturated rings. The van der Waals surface area contributed by atoms with Crippen LogP contribution in [0.1, 0.15) is 33.1 Å². The highest BCUT2D eigenvalue weighted by molar-refractivity contribution is 6.18. The van der Waals surface area contributed by atoms with Gasteiger partial charge in [0.1, 0.15) is 11.5 Å². The Kier molecular flexibility index (Phi) is 6.34. The summed E-state index contributed by atoms with van der Waals surface area (Å²) in [6.45, 7) is 5.12. The number of methoxy groups -OCH3 is 1. The van der Waals surface area contributed by atoms with Gasteiger partial charge in [-0.25, -0.2) is 0 Å². The van der Waals surface area contributed by atoms with E-state index in [9.17, 15) is 0 Å². The van der Waals surface area contributed by atoms with Gasteiger partial charge in [0.05, 0.1) is 13.7 Å². The van der Waals surface area contributed by atoms with Gasteiger partial charge in [-0.1, -0.05) is 20.3 Å². The second kappa shape index (κ2) is 7.52. The van der Waals surface area contributed by atoms with Crippen LogP contribution < -0.4 is 9.47 Å². The molecular formula is C15H23ClO2. The lowest BCUT2D eigenvalue weighted by Gasteiger charge is -2.26. The third-order valence-electron chi connectivity index (χ3n) is 3.21. The molecule has 0 radical (unpaired) electrons. The van der Waals surface area contributed by atoms with Crippen molar-refractivity contribution in [3.8, 4) is 11.5 Å². The molecule has 1 unspecified atom stereocenters. The minimum atomic E-state index is 0.183. The molecule has 0 saturated heterocycles. The topological polar surface area (TPSA) is 18.5 Å². The van der Waals surface area contributed by atoms with E-state index < -0.39 is 0 Å². The van der Waals surface area contributed by atoms with E-state index in [4.69, 9.17) is 21.1 Å². The fourth-order valence-electron chi connectivity index (χ4n) is 1.95. The first-order chi connectivity index (χ1) is 8.63. The highest BCUT2D eigenvalue weighted by atomic mass is 35.5. The molecule has 1 atom stereocenters. The molecule has 0 aliphatic rings. The summed E-state index contributed by atoms with van der Waals surface area (Å²) in [5.41, 5.74) is 0.183. The molecule has 18 heavy (non-hydrogen) atoms. The number of hydrogen-bond donors (Lipinski definition) is 0. The van der Waals surface area contributed by atoms with E-state index in [-0.39, 0.29) is 5.41 Å². The average Bonchev–Trinajstić information content (AvgIpc) is 2.40. The molecular weight excluding hydrogens is 248 g/mol. The Labute approximate surface area is 115 Å². The van der Waals surface area contributed by atoms with Crippen molar-refractivity contribution >= 4 is 11.6 Å². The van der Waals surface area contributed by atoms with Crippen LogP contribution in [-0.2, 0) is 0 Å². The third kappa shape index (κ3) is 4.77. The summed E-state index contributed by atoms with van der Waals surface area (Å²) < 4.78 is 10.8. The largest absolute Gasteiger partial charge is 0.497 e. The fourth-order valence-corrected chi connectivity index (χ4v) is 2.22.